The first-order valence-corrected chi connectivity index (χ1v) is 12.0. The molecule has 3 N–H and O–H groups in total. The molecule has 1 aliphatic rings. The van der Waals surface area contributed by atoms with Gasteiger partial charge < -0.3 is 19.6 Å². The Hall–Kier alpha value is -3.12. The fraction of sp³-hybridized carbons (Fsp3) is 0.391. The van der Waals surface area contributed by atoms with Crippen molar-refractivity contribution in [2.24, 2.45) is 12.5 Å². The number of pyridine rings is 2. The van der Waals surface area contributed by atoms with Gasteiger partial charge in [0.1, 0.15) is 27.5 Å². The monoisotopic (exact) mass is 478 g/mol. The highest BCUT2D eigenvalue weighted by Gasteiger charge is 2.33. The van der Waals surface area contributed by atoms with Gasteiger partial charge in [0.05, 0.1) is 22.4 Å². The zero-order valence-corrected chi connectivity index (χ0v) is 20.1. The van der Waals surface area contributed by atoms with Crippen molar-refractivity contribution in [3.8, 4) is 10.6 Å². The first-order chi connectivity index (χ1) is 16.3. The number of rotatable bonds is 6. The molecular formula is C23H26N8O2S. The minimum absolute atomic E-state index is 0.228. The van der Waals surface area contributed by atoms with Crippen LogP contribution in [0.25, 0.3) is 37.3 Å². The Morgan fingerprint density at radius 3 is 2.82 bits per heavy atom. The smallest absolute Gasteiger partial charge is 0.261 e. The van der Waals surface area contributed by atoms with E-state index in [0.717, 1.165) is 35.0 Å². The van der Waals surface area contributed by atoms with E-state index >= 15 is 0 Å². The van der Waals surface area contributed by atoms with Gasteiger partial charge in [0, 0.05) is 57.4 Å². The lowest BCUT2D eigenvalue weighted by atomic mass is 9.84. The van der Waals surface area contributed by atoms with Crippen LogP contribution >= 0.6 is 11.3 Å². The maximum absolute atomic E-state index is 13.0. The largest absolute Gasteiger partial charge is 0.374 e. The van der Waals surface area contributed by atoms with Crippen molar-refractivity contribution in [1.82, 2.24) is 39.3 Å². The van der Waals surface area contributed by atoms with Crippen molar-refractivity contribution in [1.29, 1.82) is 0 Å². The molecule has 0 bridgehead atoms. The number of hydrogen-bond acceptors (Lipinski definition) is 8. The highest BCUT2D eigenvalue weighted by Crippen LogP contribution is 2.32. The summed E-state index contributed by atoms with van der Waals surface area (Å²) >= 11 is 1.47. The van der Waals surface area contributed by atoms with Crippen LogP contribution in [-0.4, -0.2) is 65.3 Å². The van der Waals surface area contributed by atoms with E-state index in [9.17, 15) is 9.90 Å². The molecule has 10 nitrogen and oxygen atoms in total. The number of aliphatic hydroxyl groups excluding tert-OH is 1. The van der Waals surface area contributed by atoms with Gasteiger partial charge in [0.25, 0.3) is 5.56 Å². The summed E-state index contributed by atoms with van der Waals surface area (Å²) in [6, 6.07) is 1.76. The van der Waals surface area contributed by atoms with E-state index in [1.54, 1.807) is 23.1 Å². The van der Waals surface area contributed by atoms with Gasteiger partial charge in [-0.05, 0) is 11.5 Å². The molecule has 0 spiro atoms. The summed E-state index contributed by atoms with van der Waals surface area (Å²) < 4.78 is 3.60. The fourth-order valence-corrected chi connectivity index (χ4v) is 5.82. The molecule has 11 heteroatoms. The first kappa shape index (κ1) is 21.4. The molecular weight excluding hydrogens is 452 g/mol. The molecule has 0 saturated carbocycles. The molecule has 1 saturated heterocycles. The molecule has 1 unspecified atom stereocenters. The summed E-state index contributed by atoms with van der Waals surface area (Å²) in [6.07, 6.45) is 6.33. The van der Waals surface area contributed by atoms with Crippen LogP contribution in [-0.2, 0) is 7.05 Å². The van der Waals surface area contributed by atoms with Crippen molar-refractivity contribution < 1.29 is 5.11 Å². The molecule has 0 amide bonds. The minimum Gasteiger partial charge on any atom is -0.374 e. The van der Waals surface area contributed by atoms with Crippen LogP contribution in [0.4, 0.5) is 0 Å². The first-order valence-electron chi connectivity index (χ1n) is 11.2. The average molecular weight is 479 g/mol. The van der Waals surface area contributed by atoms with Gasteiger partial charge in [-0.15, -0.1) is 11.3 Å². The molecule has 34 heavy (non-hydrogen) atoms. The summed E-state index contributed by atoms with van der Waals surface area (Å²) in [7, 11) is 1.92. The molecule has 0 radical (unpaired) electrons. The Morgan fingerprint density at radius 1 is 1.26 bits per heavy atom. The summed E-state index contributed by atoms with van der Waals surface area (Å²) in [5.41, 5.74) is 3.30. The van der Waals surface area contributed by atoms with Crippen molar-refractivity contribution in [2.75, 3.05) is 26.2 Å². The topological polar surface area (TPSA) is 116 Å². The number of nitrogens with one attached hydrogen (secondary N) is 2. The zero-order valence-electron chi connectivity index (χ0n) is 19.2. The molecule has 1 atom stereocenters. The van der Waals surface area contributed by atoms with E-state index in [0.29, 0.717) is 39.5 Å². The number of H-pyrrole nitrogens is 1. The number of aromatic amines is 1. The lowest BCUT2D eigenvalue weighted by Crippen LogP contribution is -2.54. The standard InChI is InChI=1S/C23H26N8O2S/c1-23(2)10-30(11-23)5-4-24-20(32)13-6-14-18(25-7-13)19-17(21(33)27-14)22-31(28-19)9-16(34-22)15-8-29(3)12-26-15/h6-9,12,20,24,32H,4-5,10-11H2,1-3H3,(H,27,33). The summed E-state index contributed by atoms with van der Waals surface area (Å²) in [5.74, 6) is 0. The highest BCUT2D eigenvalue weighted by molar-refractivity contribution is 7.21. The predicted molar refractivity (Wildman–Crippen MR) is 132 cm³/mol. The van der Waals surface area contributed by atoms with Gasteiger partial charge in [0.15, 0.2) is 0 Å². The van der Waals surface area contributed by atoms with E-state index in [-0.39, 0.29) is 5.56 Å². The number of aryl methyl sites for hydroxylation is 1. The Kier molecular flexibility index (Phi) is 4.85. The third-order valence-corrected chi connectivity index (χ3v) is 7.38. The lowest BCUT2D eigenvalue weighted by molar-refractivity contribution is 0.0276. The highest BCUT2D eigenvalue weighted by atomic mass is 32.1. The molecule has 1 fully saturated rings. The zero-order chi connectivity index (χ0) is 23.6. The van der Waals surface area contributed by atoms with Crippen molar-refractivity contribution in [2.45, 2.75) is 20.1 Å². The van der Waals surface area contributed by atoms with E-state index in [4.69, 9.17) is 0 Å². The second-order valence-corrected chi connectivity index (χ2v) is 10.9. The number of hydrogen-bond donors (Lipinski definition) is 3. The number of aliphatic hydroxyl groups is 1. The molecule has 6 rings (SSSR count). The van der Waals surface area contributed by atoms with Gasteiger partial charge in [-0.2, -0.15) is 5.10 Å². The van der Waals surface area contributed by atoms with Crippen molar-refractivity contribution in [3.05, 3.63) is 46.9 Å². The van der Waals surface area contributed by atoms with E-state index in [2.05, 4.69) is 44.1 Å². The lowest BCUT2D eigenvalue weighted by Gasteiger charge is -2.46. The Labute approximate surface area is 198 Å². The summed E-state index contributed by atoms with van der Waals surface area (Å²) in [5, 5.41) is 18.9. The van der Waals surface area contributed by atoms with Gasteiger partial charge in [0.2, 0.25) is 0 Å². The van der Waals surface area contributed by atoms with Crippen LogP contribution in [0.3, 0.4) is 0 Å². The maximum atomic E-state index is 13.0. The molecule has 0 aromatic carbocycles. The van der Waals surface area contributed by atoms with Crippen molar-refractivity contribution >= 4 is 38.1 Å². The van der Waals surface area contributed by atoms with Crippen LogP contribution < -0.4 is 10.9 Å². The second-order valence-electron chi connectivity index (χ2n) is 9.84. The normalized spacial score (nSPS) is 17.1. The number of nitrogens with zero attached hydrogens (tertiary/aromatic N) is 6. The average Bonchev–Trinajstić information content (AvgIpc) is 3.46. The third kappa shape index (κ3) is 3.61. The molecule has 5 aromatic rings. The van der Waals surface area contributed by atoms with Gasteiger partial charge in [-0.3, -0.25) is 15.1 Å². The quantitative estimate of drug-likeness (QED) is 0.320. The predicted octanol–water partition coefficient (Wildman–Crippen LogP) is 2.11. The molecule has 6 heterocycles. The maximum Gasteiger partial charge on any atom is 0.261 e. The molecule has 0 aliphatic carbocycles. The molecule has 176 valence electrons. The SMILES string of the molecule is Cn1cnc(-c2cn3nc4c5ncc(C(O)NCCN6CC(C)(C)C6)cc5[nH]c(=O)c4c3s2)c1. The van der Waals surface area contributed by atoms with E-state index in [1.807, 2.05) is 24.0 Å². The molecule has 5 aromatic heterocycles. The number of fused-ring (bicyclic) bond motifs is 5. The Morgan fingerprint density at radius 2 is 2.09 bits per heavy atom. The van der Waals surface area contributed by atoms with Crippen LogP contribution in [0, 0.1) is 5.41 Å². The van der Waals surface area contributed by atoms with E-state index < -0.39 is 6.23 Å². The number of aromatic nitrogens is 6. The summed E-state index contributed by atoms with van der Waals surface area (Å²) in [4.78, 5) is 28.9. The summed E-state index contributed by atoms with van der Waals surface area (Å²) in [6.45, 7) is 8.21. The number of thiazole rings is 1. The number of likely N-dealkylation sites (tertiary alicyclic amines) is 1. The van der Waals surface area contributed by atoms with Crippen LogP contribution in [0.2, 0.25) is 0 Å². The Bertz CT molecular complexity index is 1590. The Balaban J connectivity index is 1.28. The van der Waals surface area contributed by atoms with Crippen LogP contribution in [0.1, 0.15) is 25.6 Å². The van der Waals surface area contributed by atoms with E-state index in [1.165, 1.54) is 11.3 Å². The minimum atomic E-state index is -0.864. The fourth-order valence-electron chi connectivity index (χ4n) is 4.77. The van der Waals surface area contributed by atoms with Gasteiger partial charge >= 0.3 is 0 Å². The van der Waals surface area contributed by atoms with Gasteiger partial charge in [-0.1, -0.05) is 13.8 Å². The molecule has 1 aliphatic heterocycles. The van der Waals surface area contributed by atoms with Crippen LogP contribution in [0.5, 0.6) is 0 Å². The van der Waals surface area contributed by atoms with Gasteiger partial charge in [-0.25, -0.2) is 9.50 Å². The van der Waals surface area contributed by atoms with Crippen LogP contribution in [0.15, 0.2) is 35.8 Å². The third-order valence-electron chi connectivity index (χ3n) is 6.26. The van der Waals surface area contributed by atoms with Crippen molar-refractivity contribution in [3.63, 3.8) is 0 Å². The second kappa shape index (κ2) is 7.70. The number of imidazole rings is 1.